The lowest BCUT2D eigenvalue weighted by atomic mass is 10.2. The number of aliphatic hydroxyl groups excluding tert-OH is 1. The maximum atomic E-state index is 10.9. The van der Waals surface area contributed by atoms with Gasteiger partial charge in [-0.2, -0.15) is 0 Å². The molecule has 64 valence electrons. The lowest BCUT2D eigenvalue weighted by molar-refractivity contribution is -0.118. The van der Waals surface area contributed by atoms with Crippen molar-refractivity contribution in [3.8, 4) is 0 Å². The number of hydrogen-bond acceptors (Lipinski definition) is 2. The number of aliphatic hydroxyl groups is 1. The van der Waals surface area contributed by atoms with Gasteiger partial charge in [0.1, 0.15) is 0 Å². The standard InChI is InChI=1S/C8H15NO2/c1-6(2)8(11)9-7(3)4-5-10/h7,10H,1,4-5H2,2-3H3,(H,9,11). The van der Waals surface area contributed by atoms with Gasteiger partial charge < -0.3 is 10.4 Å². The van der Waals surface area contributed by atoms with Gasteiger partial charge in [-0.3, -0.25) is 4.79 Å². The Morgan fingerprint density at radius 3 is 2.64 bits per heavy atom. The summed E-state index contributed by atoms with van der Waals surface area (Å²) in [7, 11) is 0. The van der Waals surface area contributed by atoms with E-state index < -0.39 is 0 Å². The van der Waals surface area contributed by atoms with Crippen LogP contribution in [0.4, 0.5) is 0 Å². The van der Waals surface area contributed by atoms with Crippen LogP contribution in [0.15, 0.2) is 12.2 Å². The number of hydrogen-bond donors (Lipinski definition) is 2. The molecule has 0 heterocycles. The monoisotopic (exact) mass is 157 g/mol. The molecule has 0 radical (unpaired) electrons. The van der Waals surface area contributed by atoms with Gasteiger partial charge in [0.05, 0.1) is 0 Å². The Morgan fingerprint density at radius 1 is 1.73 bits per heavy atom. The molecule has 1 unspecified atom stereocenters. The smallest absolute Gasteiger partial charge is 0.246 e. The zero-order chi connectivity index (χ0) is 8.85. The fourth-order valence-corrected chi connectivity index (χ4v) is 0.613. The van der Waals surface area contributed by atoms with E-state index in [2.05, 4.69) is 11.9 Å². The molecule has 0 aromatic carbocycles. The molecule has 0 rings (SSSR count). The van der Waals surface area contributed by atoms with Crippen molar-refractivity contribution in [3.05, 3.63) is 12.2 Å². The van der Waals surface area contributed by atoms with E-state index in [4.69, 9.17) is 5.11 Å². The molecule has 11 heavy (non-hydrogen) atoms. The van der Waals surface area contributed by atoms with E-state index in [0.717, 1.165) is 0 Å². The predicted octanol–water partition coefficient (Wildman–Crippen LogP) is 0.450. The lowest BCUT2D eigenvalue weighted by Crippen LogP contribution is -2.33. The minimum Gasteiger partial charge on any atom is -0.396 e. The average molecular weight is 157 g/mol. The van der Waals surface area contributed by atoms with Crippen LogP contribution in [0, 0.1) is 0 Å². The van der Waals surface area contributed by atoms with Crippen molar-refractivity contribution >= 4 is 5.91 Å². The molecule has 1 atom stereocenters. The molecule has 0 aliphatic carbocycles. The van der Waals surface area contributed by atoms with Crippen LogP contribution in [0.25, 0.3) is 0 Å². The Bertz CT molecular complexity index is 154. The average Bonchev–Trinajstić information content (AvgIpc) is 1.87. The van der Waals surface area contributed by atoms with Crippen molar-refractivity contribution in [2.75, 3.05) is 6.61 Å². The first-order chi connectivity index (χ1) is 5.07. The number of nitrogens with one attached hydrogen (secondary N) is 1. The quantitative estimate of drug-likeness (QED) is 0.582. The lowest BCUT2D eigenvalue weighted by Gasteiger charge is -2.11. The summed E-state index contributed by atoms with van der Waals surface area (Å²) in [5, 5.41) is 11.2. The SMILES string of the molecule is C=C(C)C(=O)NC(C)CCO. The van der Waals surface area contributed by atoms with E-state index in [9.17, 15) is 4.79 Å². The van der Waals surface area contributed by atoms with Gasteiger partial charge in [0.25, 0.3) is 0 Å². The minimum atomic E-state index is -0.147. The molecule has 3 nitrogen and oxygen atoms in total. The van der Waals surface area contributed by atoms with Crippen LogP contribution in [0.5, 0.6) is 0 Å². The summed E-state index contributed by atoms with van der Waals surface area (Å²) >= 11 is 0. The van der Waals surface area contributed by atoms with Gasteiger partial charge in [-0.1, -0.05) is 6.58 Å². The summed E-state index contributed by atoms with van der Waals surface area (Å²) in [5.41, 5.74) is 0.495. The Kier molecular flexibility index (Phi) is 4.54. The van der Waals surface area contributed by atoms with Crippen molar-refractivity contribution in [2.45, 2.75) is 26.3 Å². The zero-order valence-electron chi connectivity index (χ0n) is 7.05. The number of amides is 1. The zero-order valence-corrected chi connectivity index (χ0v) is 7.05. The topological polar surface area (TPSA) is 49.3 Å². The Hall–Kier alpha value is -0.830. The van der Waals surface area contributed by atoms with Crippen LogP contribution in [-0.4, -0.2) is 23.7 Å². The molecule has 0 saturated heterocycles. The summed E-state index contributed by atoms with van der Waals surface area (Å²) in [6.45, 7) is 7.09. The highest BCUT2D eigenvalue weighted by atomic mass is 16.3. The van der Waals surface area contributed by atoms with Crippen molar-refractivity contribution in [2.24, 2.45) is 0 Å². The highest BCUT2D eigenvalue weighted by Gasteiger charge is 2.05. The van der Waals surface area contributed by atoms with E-state index >= 15 is 0 Å². The minimum absolute atomic E-state index is 0.0178. The molecule has 1 amide bonds. The van der Waals surface area contributed by atoms with E-state index in [0.29, 0.717) is 12.0 Å². The number of rotatable bonds is 4. The van der Waals surface area contributed by atoms with Crippen LogP contribution in [0.2, 0.25) is 0 Å². The third-order valence-electron chi connectivity index (χ3n) is 1.33. The first kappa shape index (κ1) is 10.2. The van der Waals surface area contributed by atoms with Gasteiger partial charge in [0.15, 0.2) is 0 Å². The molecule has 0 bridgehead atoms. The number of carbonyl (C=O) groups is 1. The Morgan fingerprint density at radius 2 is 2.27 bits per heavy atom. The summed E-state index contributed by atoms with van der Waals surface area (Å²) in [5.74, 6) is -0.147. The molecule has 0 fully saturated rings. The first-order valence-corrected chi connectivity index (χ1v) is 3.65. The van der Waals surface area contributed by atoms with E-state index in [-0.39, 0.29) is 18.6 Å². The summed E-state index contributed by atoms with van der Waals surface area (Å²) in [4.78, 5) is 10.9. The third-order valence-corrected chi connectivity index (χ3v) is 1.33. The van der Waals surface area contributed by atoms with Gasteiger partial charge in [-0.15, -0.1) is 0 Å². The van der Waals surface area contributed by atoms with Gasteiger partial charge in [0, 0.05) is 18.2 Å². The molecule has 0 aliphatic rings. The molecule has 0 aromatic heterocycles. The van der Waals surface area contributed by atoms with Crippen LogP contribution in [0.1, 0.15) is 20.3 Å². The normalized spacial score (nSPS) is 12.3. The summed E-state index contributed by atoms with van der Waals surface area (Å²) in [6.07, 6.45) is 0.582. The van der Waals surface area contributed by atoms with Gasteiger partial charge in [0.2, 0.25) is 5.91 Å². The largest absolute Gasteiger partial charge is 0.396 e. The second-order valence-electron chi connectivity index (χ2n) is 2.67. The van der Waals surface area contributed by atoms with Crippen LogP contribution in [-0.2, 0) is 4.79 Å². The maximum Gasteiger partial charge on any atom is 0.246 e. The molecule has 3 heteroatoms. The number of carbonyl (C=O) groups excluding carboxylic acids is 1. The highest BCUT2D eigenvalue weighted by Crippen LogP contribution is 1.92. The van der Waals surface area contributed by atoms with Crippen LogP contribution in [0.3, 0.4) is 0 Å². The molecular weight excluding hydrogens is 142 g/mol. The van der Waals surface area contributed by atoms with Crippen molar-refractivity contribution in [3.63, 3.8) is 0 Å². The molecule has 0 aromatic rings. The fraction of sp³-hybridized carbons (Fsp3) is 0.625. The second-order valence-corrected chi connectivity index (χ2v) is 2.67. The second kappa shape index (κ2) is 4.91. The van der Waals surface area contributed by atoms with Gasteiger partial charge in [-0.05, 0) is 20.3 Å². The first-order valence-electron chi connectivity index (χ1n) is 3.65. The molecule has 2 N–H and O–H groups in total. The summed E-state index contributed by atoms with van der Waals surface area (Å²) in [6, 6.07) is 0.0178. The van der Waals surface area contributed by atoms with E-state index in [1.807, 2.05) is 6.92 Å². The fourth-order valence-electron chi connectivity index (χ4n) is 0.613. The third kappa shape index (κ3) is 4.56. The van der Waals surface area contributed by atoms with Crippen LogP contribution < -0.4 is 5.32 Å². The molecule has 0 aliphatic heterocycles. The van der Waals surface area contributed by atoms with E-state index in [1.54, 1.807) is 6.92 Å². The molecular formula is C8H15NO2. The Balaban J connectivity index is 3.66. The van der Waals surface area contributed by atoms with Gasteiger partial charge >= 0.3 is 0 Å². The van der Waals surface area contributed by atoms with E-state index in [1.165, 1.54) is 0 Å². The maximum absolute atomic E-state index is 10.9. The molecule has 0 saturated carbocycles. The highest BCUT2D eigenvalue weighted by molar-refractivity contribution is 5.92. The van der Waals surface area contributed by atoms with Crippen molar-refractivity contribution < 1.29 is 9.90 Å². The van der Waals surface area contributed by atoms with Gasteiger partial charge in [-0.25, -0.2) is 0 Å². The van der Waals surface area contributed by atoms with Crippen molar-refractivity contribution in [1.29, 1.82) is 0 Å². The van der Waals surface area contributed by atoms with Crippen molar-refractivity contribution in [1.82, 2.24) is 5.32 Å². The molecule has 0 spiro atoms. The predicted molar refractivity (Wildman–Crippen MR) is 44.1 cm³/mol. The van der Waals surface area contributed by atoms with Crippen LogP contribution >= 0.6 is 0 Å². The summed E-state index contributed by atoms with van der Waals surface area (Å²) < 4.78 is 0. The Labute approximate surface area is 67.1 Å².